The molecule has 1 heterocycles. The van der Waals surface area contributed by atoms with Gasteiger partial charge < -0.3 is 0 Å². The van der Waals surface area contributed by atoms with Crippen LogP contribution in [-0.4, -0.2) is 37.0 Å². The second-order valence-corrected chi connectivity index (χ2v) is 20.8. The van der Waals surface area contributed by atoms with Crippen LogP contribution >= 0.6 is 20.0 Å². The van der Waals surface area contributed by atoms with E-state index in [1.807, 2.05) is 32.3 Å². The normalized spacial score (nSPS) is 11.3. The van der Waals surface area contributed by atoms with E-state index in [1.54, 1.807) is 0 Å². The summed E-state index contributed by atoms with van der Waals surface area (Å²) in [5, 5.41) is 2.12. The number of hydrogen-bond acceptors (Lipinski definition) is 4. The molecule has 2 nitrogen and oxygen atoms in total. The molecule has 6 heteroatoms. The summed E-state index contributed by atoms with van der Waals surface area (Å²) in [5.41, 5.74) is 9.26. The van der Waals surface area contributed by atoms with Crippen LogP contribution < -0.4 is 0 Å². The van der Waals surface area contributed by atoms with E-state index in [9.17, 15) is 0 Å². The second kappa shape index (κ2) is 6.47. The molecule has 0 aliphatic carbocycles. The molecule has 0 aliphatic heterocycles. The fraction of sp³-hybridized carbons (Fsp3) is 0.500. The third-order valence-corrected chi connectivity index (χ3v) is 9.45. The molecule has 0 atom stereocenters. The van der Waals surface area contributed by atoms with Gasteiger partial charge in [-0.15, -0.1) is 0 Å². The quantitative estimate of drug-likeness (QED) is 0.472. The van der Waals surface area contributed by atoms with Crippen LogP contribution in [0, 0.1) is 0 Å². The van der Waals surface area contributed by atoms with Gasteiger partial charge in [-0.05, 0) is 0 Å². The fourth-order valence-electron chi connectivity index (χ4n) is 0.770. The molecule has 0 bridgehead atoms. The Morgan fingerprint density at radius 3 is 2.29 bits per heavy atom. The Bertz CT molecular complexity index is 269. The van der Waals surface area contributed by atoms with E-state index in [4.69, 9.17) is 0 Å². The molecule has 0 saturated carbocycles. The van der Waals surface area contributed by atoms with Gasteiger partial charge in [-0.1, -0.05) is 0 Å². The zero-order valence-electron chi connectivity index (χ0n) is 8.76. The number of hydrogen-bond donors (Lipinski definition) is 0. The third-order valence-electron chi connectivity index (χ3n) is 1.15. The van der Waals surface area contributed by atoms with Crippen molar-refractivity contribution in [3.8, 4) is 0 Å². The van der Waals surface area contributed by atoms with Crippen molar-refractivity contribution >= 4 is 47.0 Å². The molecule has 0 spiro atoms. The molecule has 0 unspecified atom stereocenters. The van der Waals surface area contributed by atoms with Crippen LogP contribution in [0.1, 0.15) is 0 Å². The van der Waals surface area contributed by atoms with Crippen molar-refractivity contribution in [2.24, 2.45) is 0 Å². The van der Waals surface area contributed by atoms with Crippen LogP contribution in [0.4, 0.5) is 0 Å². The monoisotopic (exact) mass is 352 g/mol. The van der Waals surface area contributed by atoms with E-state index < -0.39 is 27.0 Å². The summed E-state index contributed by atoms with van der Waals surface area (Å²) >= 11 is -1.40. The molecule has 14 heavy (non-hydrogen) atoms. The zero-order valence-corrected chi connectivity index (χ0v) is 14.1. The molecule has 0 N–H and O–H groups in total. The van der Waals surface area contributed by atoms with Gasteiger partial charge in [-0.25, -0.2) is 0 Å². The van der Waals surface area contributed by atoms with Crippen molar-refractivity contribution in [1.82, 2.24) is 9.97 Å². The summed E-state index contributed by atoms with van der Waals surface area (Å²) in [7, 11) is 3.80. The predicted molar refractivity (Wildman–Crippen MR) is 68.7 cm³/mol. The van der Waals surface area contributed by atoms with E-state index in [-0.39, 0.29) is 0 Å². The first kappa shape index (κ1) is 13.0. The van der Waals surface area contributed by atoms with Gasteiger partial charge in [-0.2, -0.15) is 0 Å². The maximum atomic E-state index is 4.54. The van der Waals surface area contributed by atoms with Gasteiger partial charge in [0.25, 0.3) is 0 Å². The Kier molecular flexibility index (Phi) is 5.99. The Morgan fingerprint density at radius 1 is 1.07 bits per heavy atom. The van der Waals surface area contributed by atoms with Crippen LogP contribution in [0.25, 0.3) is 0 Å². The van der Waals surface area contributed by atoms with Gasteiger partial charge in [-0.3, -0.25) is 0 Å². The van der Waals surface area contributed by atoms with Crippen LogP contribution in [0.3, 0.4) is 0 Å². The third kappa shape index (κ3) is 5.11. The summed E-state index contributed by atoms with van der Waals surface area (Å²) in [6, 6.07) is 2.02. The first-order valence-electron chi connectivity index (χ1n) is 4.11. The SMILES string of the molecule is C[As](C)Sc1ccnc(S[As](C)C)n1. The van der Waals surface area contributed by atoms with Crippen LogP contribution in [-0.2, 0) is 0 Å². The molecular weight excluding hydrogens is 338 g/mol. The van der Waals surface area contributed by atoms with E-state index >= 15 is 0 Å². The van der Waals surface area contributed by atoms with E-state index in [0.717, 1.165) is 10.2 Å². The Labute approximate surface area is 102 Å². The van der Waals surface area contributed by atoms with Crippen LogP contribution in [0.5, 0.6) is 0 Å². The molecule has 0 fully saturated rings. The molecule has 1 aromatic rings. The average molecular weight is 352 g/mol. The number of rotatable bonds is 4. The maximum absolute atomic E-state index is 4.54. The van der Waals surface area contributed by atoms with Crippen LogP contribution in [0.2, 0.25) is 22.8 Å². The van der Waals surface area contributed by atoms with Gasteiger partial charge in [0.15, 0.2) is 0 Å². The van der Waals surface area contributed by atoms with Gasteiger partial charge in [0, 0.05) is 0 Å². The van der Waals surface area contributed by atoms with Crippen molar-refractivity contribution < 1.29 is 0 Å². The molecule has 0 aliphatic rings. The summed E-state index contributed by atoms with van der Waals surface area (Å²) in [6.45, 7) is 0. The summed E-state index contributed by atoms with van der Waals surface area (Å²) in [5.74, 6) is 0. The van der Waals surface area contributed by atoms with Crippen LogP contribution in [0.15, 0.2) is 22.4 Å². The van der Waals surface area contributed by atoms with Gasteiger partial charge in [0.05, 0.1) is 0 Å². The first-order valence-corrected chi connectivity index (χ1v) is 17.8. The Morgan fingerprint density at radius 2 is 1.71 bits per heavy atom. The fourth-order valence-corrected chi connectivity index (χ4v) is 7.63. The molecular formula is C8H14As2N2S2. The summed E-state index contributed by atoms with van der Waals surface area (Å²) in [4.78, 5) is 8.82. The second-order valence-electron chi connectivity index (χ2n) is 2.98. The predicted octanol–water partition coefficient (Wildman–Crippen LogP) is 3.16. The minimum atomic E-state index is -0.719. The minimum absolute atomic E-state index is 0.685. The van der Waals surface area contributed by atoms with Crippen molar-refractivity contribution in [2.45, 2.75) is 33.0 Å². The topological polar surface area (TPSA) is 25.8 Å². The molecule has 78 valence electrons. The molecule has 0 radical (unpaired) electrons. The summed E-state index contributed by atoms with van der Waals surface area (Å²) in [6.07, 6.45) is 1.88. The Hall–Kier alpha value is 0.897. The van der Waals surface area contributed by atoms with Gasteiger partial charge in [0.2, 0.25) is 0 Å². The van der Waals surface area contributed by atoms with Crippen molar-refractivity contribution in [3.63, 3.8) is 0 Å². The number of nitrogens with zero attached hydrogens (tertiary/aromatic N) is 2. The molecule has 0 saturated heterocycles. The van der Waals surface area contributed by atoms with Gasteiger partial charge in [0.1, 0.15) is 0 Å². The zero-order chi connectivity index (χ0) is 10.6. The molecule has 1 rings (SSSR count). The first-order chi connectivity index (χ1) is 6.58. The van der Waals surface area contributed by atoms with Gasteiger partial charge >= 0.3 is 102 Å². The summed E-state index contributed by atoms with van der Waals surface area (Å²) < 4.78 is 0. The average Bonchev–Trinajstić information content (AvgIpc) is 2.01. The molecule has 1 aromatic heterocycles. The Balaban J connectivity index is 2.68. The number of aromatic nitrogens is 2. The van der Waals surface area contributed by atoms with Crippen molar-refractivity contribution in [1.29, 1.82) is 0 Å². The van der Waals surface area contributed by atoms with Crippen molar-refractivity contribution in [3.05, 3.63) is 12.3 Å². The van der Waals surface area contributed by atoms with E-state index in [1.165, 1.54) is 0 Å². The van der Waals surface area contributed by atoms with E-state index in [0.29, 0.717) is 0 Å². The van der Waals surface area contributed by atoms with Crippen molar-refractivity contribution in [2.75, 3.05) is 0 Å². The molecule has 0 amide bonds. The standard InChI is InChI=1S/C8H14As2N2S2/c1-9(2)13-7-5-6-11-8(12-7)14-10(3)4/h5-6H,1-4H3. The van der Waals surface area contributed by atoms with E-state index in [2.05, 4.69) is 32.8 Å². The molecule has 0 aromatic carbocycles.